The molecule has 1 aliphatic rings. The van der Waals surface area contributed by atoms with Crippen molar-refractivity contribution >= 4 is 21.9 Å². The van der Waals surface area contributed by atoms with Crippen molar-refractivity contribution in [1.29, 1.82) is 0 Å². The SMILES string of the molecule is COc1c2occc2c(OC)c2c(=O)cc(C3CC3)oc12. The van der Waals surface area contributed by atoms with Gasteiger partial charge < -0.3 is 18.3 Å². The maximum atomic E-state index is 12.5. The Morgan fingerprint density at radius 3 is 2.57 bits per heavy atom. The summed E-state index contributed by atoms with van der Waals surface area (Å²) in [5, 5.41) is 1.10. The third-order valence-electron chi connectivity index (χ3n) is 3.90. The fourth-order valence-corrected chi connectivity index (χ4v) is 2.75. The van der Waals surface area contributed by atoms with Gasteiger partial charge in [-0.05, 0) is 18.9 Å². The first-order valence-corrected chi connectivity index (χ1v) is 6.83. The molecular formula is C16H14O5. The molecule has 1 saturated carbocycles. The number of rotatable bonds is 3. The summed E-state index contributed by atoms with van der Waals surface area (Å²) in [5.41, 5.74) is 0.806. The van der Waals surface area contributed by atoms with Crippen LogP contribution in [-0.4, -0.2) is 14.2 Å². The van der Waals surface area contributed by atoms with Crippen LogP contribution in [0, 0.1) is 0 Å². The summed E-state index contributed by atoms with van der Waals surface area (Å²) < 4.78 is 22.3. The van der Waals surface area contributed by atoms with Crippen LogP contribution < -0.4 is 14.9 Å². The first-order valence-electron chi connectivity index (χ1n) is 6.83. The van der Waals surface area contributed by atoms with E-state index in [4.69, 9.17) is 18.3 Å². The van der Waals surface area contributed by atoms with Gasteiger partial charge in [0.25, 0.3) is 0 Å². The van der Waals surface area contributed by atoms with Gasteiger partial charge in [-0.2, -0.15) is 0 Å². The van der Waals surface area contributed by atoms with E-state index in [9.17, 15) is 4.79 Å². The van der Waals surface area contributed by atoms with E-state index in [1.165, 1.54) is 14.2 Å². The zero-order chi connectivity index (χ0) is 14.6. The Bertz CT molecular complexity index is 898. The molecule has 1 aliphatic carbocycles. The van der Waals surface area contributed by atoms with Crippen LogP contribution in [0.5, 0.6) is 11.5 Å². The smallest absolute Gasteiger partial charge is 0.206 e. The summed E-state index contributed by atoms with van der Waals surface area (Å²) in [4.78, 5) is 12.5. The molecule has 5 heteroatoms. The standard InChI is InChI=1S/C16H14O5/c1-18-13-9-5-6-20-14(9)16(19-2)15-12(13)10(17)7-11(21-15)8-3-4-8/h5-8H,3-4H2,1-2H3. The Morgan fingerprint density at radius 1 is 1.14 bits per heavy atom. The number of hydrogen-bond acceptors (Lipinski definition) is 5. The van der Waals surface area contributed by atoms with Crippen LogP contribution >= 0.6 is 0 Å². The molecule has 0 spiro atoms. The summed E-state index contributed by atoms with van der Waals surface area (Å²) in [7, 11) is 3.06. The van der Waals surface area contributed by atoms with Crippen LogP contribution in [0.1, 0.15) is 24.5 Å². The molecule has 2 heterocycles. The highest BCUT2D eigenvalue weighted by atomic mass is 16.5. The van der Waals surface area contributed by atoms with Crippen LogP contribution in [-0.2, 0) is 0 Å². The van der Waals surface area contributed by atoms with Gasteiger partial charge in [0.1, 0.15) is 16.9 Å². The van der Waals surface area contributed by atoms with E-state index in [1.54, 1.807) is 18.4 Å². The maximum absolute atomic E-state index is 12.5. The zero-order valence-corrected chi connectivity index (χ0v) is 11.8. The highest BCUT2D eigenvalue weighted by Crippen LogP contribution is 2.45. The average molecular weight is 286 g/mol. The number of methoxy groups -OCH3 is 2. The van der Waals surface area contributed by atoms with Crippen molar-refractivity contribution < 1.29 is 18.3 Å². The predicted octanol–water partition coefficient (Wildman–Crippen LogP) is 3.43. The van der Waals surface area contributed by atoms with Gasteiger partial charge in [-0.25, -0.2) is 0 Å². The van der Waals surface area contributed by atoms with E-state index in [0.29, 0.717) is 45.1 Å². The number of hydrogen-bond donors (Lipinski definition) is 0. The van der Waals surface area contributed by atoms with Crippen molar-refractivity contribution in [1.82, 2.24) is 0 Å². The molecule has 5 nitrogen and oxygen atoms in total. The third kappa shape index (κ3) is 1.67. The van der Waals surface area contributed by atoms with Crippen LogP contribution in [0.25, 0.3) is 21.9 Å². The number of ether oxygens (including phenoxy) is 2. The Hall–Kier alpha value is -2.43. The highest BCUT2D eigenvalue weighted by molar-refractivity contribution is 6.06. The molecule has 0 bridgehead atoms. The minimum atomic E-state index is -0.114. The van der Waals surface area contributed by atoms with Crippen molar-refractivity contribution in [3.8, 4) is 11.5 Å². The van der Waals surface area contributed by atoms with E-state index in [-0.39, 0.29) is 5.43 Å². The van der Waals surface area contributed by atoms with Gasteiger partial charge in [0.15, 0.2) is 16.6 Å². The zero-order valence-electron chi connectivity index (χ0n) is 11.8. The molecule has 4 rings (SSSR count). The second-order valence-electron chi connectivity index (χ2n) is 5.22. The van der Waals surface area contributed by atoms with E-state index >= 15 is 0 Å². The normalized spacial score (nSPS) is 14.8. The minimum absolute atomic E-state index is 0.114. The molecule has 0 saturated heterocycles. The number of furan rings is 1. The van der Waals surface area contributed by atoms with E-state index in [2.05, 4.69) is 0 Å². The molecule has 0 unspecified atom stereocenters. The van der Waals surface area contributed by atoms with E-state index in [0.717, 1.165) is 12.8 Å². The third-order valence-corrected chi connectivity index (χ3v) is 3.90. The lowest BCUT2D eigenvalue weighted by Crippen LogP contribution is -2.05. The lowest BCUT2D eigenvalue weighted by atomic mass is 10.1. The van der Waals surface area contributed by atoms with Crippen LogP contribution in [0.15, 0.2) is 32.0 Å². The monoisotopic (exact) mass is 286 g/mol. The summed E-state index contributed by atoms with van der Waals surface area (Å²) in [6.45, 7) is 0. The molecule has 0 N–H and O–H groups in total. The maximum Gasteiger partial charge on any atom is 0.206 e. The molecule has 0 atom stereocenters. The molecule has 0 aliphatic heterocycles. The highest BCUT2D eigenvalue weighted by Gasteiger charge is 2.29. The van der Waals surface area contributed by atoms with Gasteiger partial charge in [0.2, 0.25) is 5.75 Å². The molecular weight excluding hydrogens is 272 g/mol. The number of fused-ring (bicyclic) bond motifs is 2. The fraction of sp³-hybridized carbons (Fsp3) is 0.312. The Labute approximate surface area is 120 Å². The summed E-state index contributed by atoms with van der Waals surface area (Å²) in [6.07, 6.45) is 3.65. The molecule has 0 radical (unpaired) electrons. The van der Waals surface area contributed by atoms with Crippen molar-refractivity contribution in [3.05, 3.63) is 34.4 Å². The fourth-order valence-electron chi connectivity index (χ4n) is 2.75. The Balaban J connectivity index is 2.22. The summed E-state index contributed by atoms with van der Waals surface area (Å²) in [6, 6.07) is 3.32. The summed E-state index contributed by atoms with van der Waals surface area (Å²) in [5.74, 6) is 1.94. The molecule has 3 aromatic rings. The van der Waals surface area contributed by atoms with Gasteiger partial charge in [-0.3, -0.25) is 4.79 Å². The van der Waals surface area contributed by atoms with Crippen LogP contribution in [0.4, 0.5) is 0 Å². The van der Waals surface area contributed by atoms with Crippen molar-refractivity contribution in [2.45, 2.75) is 18.8 Å². The minimum Gasteiger partial charge on any atom is -0.495 e. The first-order chi connectivity index (χ1) is 10.2. The molecule has 21 heavy (non-hydrogen) atoms. The van der Waals surface area contributed by atoms with E-state index < -0.39 is 0 Å². The van der Waals surface area contributed by atoms with Crippen LogP contribution in [0.3, 0.4) is 0 Å². The van der Waals surface area contributed by atoms with Gasteiger partial charge in [-0.15, -0.1) is 0 Å². The molecule has 1 aromatic carbocycles. The lowest BCUT2D eigenvalue weighted by Gasteiger charge is -2.11. The first kappa shape index (κ1) is 12.3. The lowest BCUT2D eigenvalue weighted by molar-refractivity contribution is 0.397. The Morgan fingerprint density at radius 2 is 1.90 bits per heavy atom. The predicted molar refractivity (Wildman–Crippen MR) is 77.3 cm³/mol. The quantitative estimate of drug-likeness (QED) is 0.738. The van der Waals surface area contributed by atoms with Gasteiger partial charge >= 0.3 is 0 Å². The van der Waals surface area contributed by atoms with E-state index in [1.807, 2.05) is 0 Å². The Kier molecular flexibility index (Phi) is 2.51. The molecule has 2 aromatic heterocycles. The van der Waals surface area contributed by atoms with Gasteiger partial charge in [0.05, 0.1) is 25.9 Å². The van der Waals surface area contributed by atoms with Crippen molar-refractivity contribution in [2.24, 2.45) is 0 Å². The van der Waals surface area contributed by atoms with Crippen LogP contribution in [0.2, 0.25) is 0 Å². The largest absolute Gasteiger partial charge is 0.495 e. The van der Waals surface area contributed by atoms with Gasteiger partial charge in [-0.1, -0.05) is 0 Å². The molecule has 0 amide bonds. The second-order valence-corrected chi connectivity index (χ2v) is 5.22. The summed E-state index contributed by atoms with van der Waals surface area (Å²) >= 11 is 0. The van der Waals surface area contributed by atoms with Gasteiger partial charge in [0, 0.05) is 12.0 Å². The average Bonchev–Trinajstić information content (AvgIpc) is 3.23. The van der Waals surface area contributed by atoms with Crippen molar-refractivity contribution in [3.63, 3.8) is 0 Å². The molecule has 108 valence electrons. The van der Waals surface area contributed by atoms with Crippen molar-refractivity contribution in [2.75, 3.05) is 14.2 Å². The molecule has 1 fully saturated rings. The number of benzene rings is 1. The topological polar surface area (TPSA) is 61.8 Å². The second kappa shape index (κ2) is 4.28.